The van der Waals surface area contributed by atoms with E-state index in [1.165, 1.54) is 7.11 Å². The van der Waals surface area contributed by atoms with Crippen molar-refractivity contribution in [1.29, 1.82) is 0 Å². The van der Waals surface area contributed by atoms with Gasteiger partial charge >= 0.3 is 5.97 Å². The van der Waals surface area contributed by atoms with E-state index in [0.29, 0.717) is 29.4 Å². The Hall–Kier alpha value is -2.76. The van der Waals surface area contributed by atoms with Gasteiger partial charge in [-0.05, 0) is 31.2 Å². The van der Waals surface area contributed by atoms with Crippen LogP contribution in [0.3, 0.4) is 0 Å². The minimum absolute atomic E-state index is 0.414. The second-order valence-electron chi connectivity index (χ2n) is 4.24. The van der Waals surface area contributed by atoms with Gasteiger partial charge in [-0.15, -0.1) is 0 Å². The van der Waals surface area contributed by atoms with Gasteiger partial charge in [0.15, 0.2) is 0 Å². The van der Waals surface area contributed by atoms with E-state index in [-0.39, 0.29) is 0 Å². The molecule has 0 bridgehead atoms. The number of aromatic nitrogens is 1. The number of hydrogen-bond donors (Lipinski definition) is 2. The topological polar surface area (TPSA) is 86.5 Å². The summed E-state index contributed by atoms with van der Waals surface area (Å²) in [6, 6.07) is 8.48. The molecule has 0 aliphatic carbocycles. The van der Waals surface area contributed by atoms with E-state index in [1.54, 1.807) is 30.5 Å². The van der Waals surface area contributed by atoms with Crippen LogP contribution < -0.4 is 15.8 Å². The maximum atomic E-state index is 11.5. The van der Waals surface area contributed by atoms with Crippen LogP contribution in [0.1, 0.15) is 17.3 Å². The first-order valence-electron chi connectivity index (χ1n) is 6.47. The SMILES string of the molecule is CCOc1ccc(Nc2cc(C(=O)OC)ccc2N)cn1. The van der Waals surface area contributed by atoms with E-state index in [2.05, 4.69) is 15.0 Å². The molecule has 0 fully saturated rings. The van der Waals surface area contributed by atoms with Crippen LogP contribution in [0, 0.1) is 0 Å². The number of nitrogens with two attached hydrogens (primary N) is 1. The molecule has 0 radical (unpaired) electrons. The van der Waals surface area contributed by atoms with Crippen molar-refractivity contribution in [3.05, 3.63) is 42.1 Å². The van der Waals surface area contributed by atoms with Crippen molar-refractivity contribution >= 4 is 23.0 Å². The molecule has 1 aromatic heterocycles. The molecule has 21 heavy (non-hydrogen) atoms. The van der Waals surface area contributed by atoms with Gasteiger partial charge in [0.2, 0.25) is 5.88 Å². The Balaban J connectivity index is 2.20. The molecule has 6 nitrogen and oxygen atoms in total. The highest BCUT2D eigenvalue weighted by Gasteiger charge is 2.09. The van der Waals surface area contributed by atoms with E-state index < -0.39 is 5.97 Å². The van der Waals surface area contributed by atoms with Crippen LogP contribution in [0.25, 0.3) is 0 Å². The first-order chi connectivity index (χ1) is 10.1. The van der Waals surface area contributed by atoms with Gasteiger partial charge in [-0.2, -0.15) is 0 Å². The van der Waals surface area contributed by atoms with E-state index in [4.69, 9.17) is 10.5 Å². The Bertz CT molecular complexity index is 627. The van der Waals surface area contributed by atoms with Crippen molar-refractivity contribution in [2.45, 2.75) is 6.92 Å². The highest BCUT2D eigenvalue weighted by Crippen LogP contribution is 2.25. The van der Waals surface area contributed by atoms with Crippen molar-refractivity contribution in [1.82, 2.24) is 4.98 Å². The summed E-state index contributed by atoms with van der Waals surface area (Å²) in [5, 5.41) is 3.11. The van der Waals surface area contributed by atoms with Gasteiger partial charge in [-0.3, -0.25) is 0 Å². The van der Waals surface area contributed by atoms with Gasteiger partial charge in [-0.1, -0.05) is 0 Å². The number of carbonyl (C=O) groups excluding carboxylic acids is 1. The standard InChI is InChI=1S/C15H17N3O3/c1-3-21-14-7-5-11(9-17-14)18-13-8-10(15(19)20-2)4-6-12(13)16/h4-9,18H,3,16H2,1-2H3. The summed E-state index contributed by atoms with van der Waals surface area (Å²) in [6.45, 7) is 2.46. The summed E-state index contributed by atoms with van der Waals surface area (Å²) in [6.07, 6.45) is 1.63. The molecule has 0 saturated carbocycles. The van der Waals surface area contributed by atoms with Gasteiger partial charge in [0.25, 0.3) is 0 Å². The van der Waals surface area contributed by atoms with Crippen LogP contribution in [-0.2, 0) is 4.74 Å². The van der Waals surface area contributed by atoms with Crippen LogP contribution >= 0.6 is 0 Å². The van der Waals surface area contributed by atoms with Crippen molar-refractivity contribution in [2.24, 2.45) is 0 Å². The van der Waals surface area contributed by atoms with E-state index in [9.17, 15) is 4.79 Å². The number of nitrogens with one attached hydrogen (secondary N) is 1. The lowest BCUT2D eigenvalue weighted by Gasteiger charge is -2.11. The van der Waals surface area contributed by atoms with Crippen LogP contribution in [-0.4, -0.2) is 24.7 Å². The van der Waals surface area contributed by atoms with Crippen molar-refractivity contribution in [2.75, 3.05) is 24.8 Å². The number of ether oxygens (including phenoxy) is 2. The largest absolute Gasteiger partial charge is 0.478 e. The third-order valence-electron chi connectivity index (χ3n) is 2.78. The molecule has 0 aliphatic rings. The lowest BCUT2D eigenvalue weighted by Crippen LogP contribution is -2.04. The molecule has 1 heterocycles. The highest BCUT2D eigenvalue weighted by atomic mass is 16.5. The molecule has 0 saturated heterocycles. The van der Waals surface area contributed by atoms with Crippen LogP contribution in [0.15, 0.2) is 36.5 Å². The highest BCUT2D eigenvalue weighted by molar-refractivity contribution is 5.92. The monoisotopic (exact) mass is 287 g/mol. The maximum absolute atomic E-state index is 11.5. The summed E-state index contributed by atoms with van der Waals surface area (Å²) < 4.78 is 9.96. The van der Waals surface area contributed by atoms with Crippen LogP contribution in [0.5, 0.6) is 5.88 Å². The average Bonchev–Trinajstić information content (AvgIpc) is 2.51. The molecule has 0 atom stereocenters. The van der Waals surface area contributed by atoms with Crippen molar-refractivity contribution in [3.63, 3.8) is 0 Å². The maximum Gasteiger partial charge on any atom is 0.337 e. The second kappa shape index (κ2) is 6.60. The number of methoxy groups -OCH3 is 1. The number of nitrogens with zero attached hydrogens (tertiary/aromatic N) is 1. The smallest absolute Gasteiger partial charge is 0.337 e. The Morgan fingerprint density at radius 1 is 1.33 bits per heavy atom. The fourth-order valence-electron chi connectivity index (χ4n) is 1.75. The van der Waals surface area contributed by atoms with E-state index in [1.807, 2.05) is 13.0 Å². The van der Waals surface area contributed by atoms with Crippen molar-refractivity contribution in [3.8, 4) is 5.88 Å². The summed E-state index contributed by atoms with van der Waals surface area (Å²) >= 11 is 0. The number of esters is 1. The Labute approximate surface area is 122 Å². The van der Waals surface area contributed by atoms with Gasteiger partial charge in [0.05, 0.1) is 42.5 Å². The Morgan fingerprint density at radius 2 is 2.14 bits per heavy atom. The predicted octanol–water partition coefficient (Wildman–Crippen LogP) is 2.59. The van der Waals surface area contributed by atoms with Crippen LogP contribution in [0.2, 0.25) is 0 Å². The third-order valence-corrected chi connectivity index (χ3v) is 2.78. The molecule has 0 unspecified atom stereocenters. The first kappa shape index (κ1) is 14.6. The molecule has 0 spiro atoms. The number of pyridine rings is 1. The second-order valence-corrected chi connectivity index (χ2v) is 4.24. The molecule has 2 aromatic rings. The predicted molar refractivity (Wildman–Crippen MR) is 80.9 cm³/mol. The minimum atomic E-state index is -0.414. The number of anilines is 3. The fourth-order valence-corrected chi connectivity index (χ4v) is 1.75. The lowest BCUT2D eigenvalue weighted by molar-refractivity contribution is 0.0601. The number of carbonyl (C=O) groups is 1. The number of rotatable bonds is 5. The van der Waals surface area contributed by atoms with Gasteiger partial charge < -0.3 is 20.5 Å². The Kier molecular flexibility index (Phi) is 4.61. The fraction of sp³-hybridized carbons (Fsp3) is 0.200. The van der Waals surface area contributed by atoms with E-state index in [0.717, 1.165) is 5.69 Å². The molecular weight excluding hydrogens is 270 g/mol. The number of nitrogen functional groups attached to an aromatic ring is 1. The number of hydrogen-bond acceptors (Lipinski definition) is 6. The minimum Gasteiger partial charge on any atom is -0.478 e. The summed E-state index contributed by atoms with van der Waals surface area (Å²) in [5.74, 6) is 0.141. The first-order valence-corrected chi connectivity index (χ1v) is 6.47. The summed E-state index contributed by atoms with van der Waals surface area (Å²) in [7, 11) is 1.34. The summed E-state index contributed by atoms with van der Waals surface area (Å²) in [5.41, 5.74) is 8.20. The molecular formula is C15H17N3O3. The average molecular weight is 287 g/mol. The van der Waals surface area contributed by atoms with Gasteiger partial charge in [-0.25, -0.2) is 9.78 Å². The van der Waals surface area contributed by atoms with Gasteiger partial charge in [0.1, 0.15) is 0 Å². The zero-order valence-corrected chi connectivity index (χ0v) is 11.9. The molecule has 110 valence electrons. The molecule has 0 amide bonds. The molecule has 2 rings (SSSR count). The van der Waals surface area contributed by atoms with E-state index >= 15 is 0 Å². The molecule has 6 heteroatoms. The van der Waals surface area contributed by atoms with Crippen LogP contribution in [0.4, 0.5) is 17.1 Å². The molecule has 1 aromatic carbocycles. The van der Waals surface area contributed by atoms with Gasteiger partial charge in [0, 0.05) is 6.07 Å². The normalized spacial score (nSPS) is 10.0. The van der Waals surface area contributed by atoms with Crippen molar-refractivity contribution < 1.29 is 14.3 Å². The zero-order chi connectivity index (χ0) is 15.2. The Morgan fingerprint density at radius 3 is 2.76 bits per heavy atom. The third kappa shape index (κ3) is 3.62. The summed E-state index contributed by atoms with van der Waals surface area (Å²) in [4.78, 5) is 15.7. The zero-order valence-electron chi connectivity index (χ0n) is 11.9. The quantitative estimate of drug-likeness (QED) is 0.649. The molecule has 0 aliphatic heterocycles. The number of benzene rings is 1. The lowest BCUT2D eigenvalue weighted by atomic mass is 10.1. The molecule has 3 N–H and O–H groups in total.